The lowest BCUT2D eigenvalue weighted by Gasteiger charge is -2.26. The molecule has 3 aromatic heterocycles. The van der Waals surface area contributed by atoms with Gasteiger partial charge in [0.05, 0.1) is 6.54 Å². The predicted octanol–water partition coefficient (Wildman–Crippen LogP) is 1.49. The molecule has 3 aromatic rings. The van der Waals surface area contributed by atoms with Crippen molar-refractivity contribution in [2.45, 2.75) is 25.4 Å². The number of hydrogen-bond donors (Lipinski definition) is 0. The van der Waals surface area contributed by atoms with Crippen LogP contribution >= 0.6 is 0 Å². The van der Waals surface area contributed by atoms with Crippen LogP contribution in [0.2, 0.25) is 0 Å². The molecule has 0 radical (unpaired) electrons. The number of aromatic nitrogens is 5. The standard InChI is InChI=1S/C17H18N6O/c24-17-4-3-16(21-11-9-19-13-21)20-23(17)12-15-2-1-10-22(15)14-5-7-18-8-6-14/h3-9,11,13,15H,1-2,10,12H2. The third-order valence-corrected chi connectivity index (χ3v) is 4.38. The third kappa shape index (κ3) is 2.80. The van der Waals surface area contributed by atoms with Gasteiger partial charge in [0.25, 0.3) is 5.56 Å². The maximum Gasteiger partial charge on any atom is 0.266 e. The summed E-state index contributed by atoms with van der Waals surface area (Å²) in [6.07, 6.45) is 10.9. The highest BCUT2D eigenvalue weighted by Gasteiger charge is 2.25. The molecule has 7 nitrogen and oxygen atoms in total. The second-order valence-corrected chi connectivity index (χ2v) is 5.88. The van der Waals surface area contributed by atoms with Gasteiger partial charge in [-0.1, -0.05) is 0 Å². The predicted molar refractivity (Wildman–Crippen MR) is 90.2 cm³/mol. The van der Waals surface area contributed by atoms with E-state index in [9.17, 15) is 4.79 Å². The topological polar surface area (TPSA) is 68.8 Å². The highest BCUT2D eigenvalue weighted by molar-refractivity contribution is 5.46. The fraction of sp³-hybridized carbons (Fsp3) is 0.294. The Morgan fingerprint density at radius 1 is 1.08 bits per heavy atom. The fourth-order valence-corrected chi connectivity index (χ4v) is 3.20. The Labute approximate surface area is 139 Å². The zero-order chi connectivity index (χ0) is 16.4. The lowest BCUT2D eigenvalue weighted by atomic mass is 10.2. The molecule has 24 heavy (non-hydrogen) atoms. The minimum Gasteiger partial charge on any atom is -0.367 e. The SMILES string of the molecule is O=c1ccc(-n2ccnc2)nn1CC1CCCN1c1ccncc1. The van der Waals surface area contributed by atoms with E-state index in [1.165, 1.54) is 0 Å². The number of hydrogen-bond acceptors (Lipinski definition) is 5. The zero-order valence-electron chi connectivity index (χ0n) is 13.2. The van der Waals surface area contributed by atoms with E-state index in [0.29, 0.717) is 12.4 Å². The highest BCUT2D eigenvalue weighted by Crippen LogP contribution is 2.25. The first-order valence-electron chi connectivity index (χ1n) is 8.04. The third-order valence-electron chi connectivity index (χ3n) is 4.38. The summed E-state index contributed by atoms with van der Waals surface area (Å²) in [6, 6.07) is 7.56. The van der Waals surface area contributed by atoms with Crippen LogP contribution in [0.3, 0.4) is 0 Å². The monoisotopic (exact) mass is 322 g/mol. The van der Waals surface area contributed by atoms with Crippen molar-refractivity contribution >= 4 is 5.69 Å². The average molecular weight is 322 g/mol. The summed E-state index contributed by atoms with van der Waals surface area (Å²) >= 11 is 0. The number of imidazole rings is 1. The summed E-state index contributed by atoms with van der Waals surface area (Å²) < 4.78 is 3.35. The lowest BCUT2D eigenvalue weighted by Crippen LogP contribution is -2.37. The van der Waals surface area contributed by atoms with E-state index >= 15 is 0 Å². The molecule has 1 fully saturated rings. The lowest BCUT2D eigenvalue weighted by molar-refractivity contribution is 0.486. The molecule has 1 aliphatic heterocycles. The molecule has 0 aliphatic carbocycles. The number of pyridine rings is 1. The summed E-state index contributed by atoms with van der Waals surface area (Å²) in [5.41, 5.74) is 1.06. The molecule has 1 unspecified atom stereocenters. The number of anilines is 1. The van der Waals surface area contributed by atoms with Crippen LogP contribution in [0.25, 0.3) is 5.82 Å². The minimum atomic E-state index is -0.0829. The molecule has 0 aromatic carbocycles. The van der Waals surface area contributed by atoms with Gasteiger partial charge in [0, 0.05) is 49.1 Å². The molecule has 7 heteroatoms. The summed E-state index contributed by atoms with van der Waals surface area (Å²) in [4.78, 5) is 22.7. The Balaban J connectivity index is 1.60. The molecule has 4 rings (SSSR count). The molecule has 0 amide bonds. The van der Waals surface area contributed by atoms with Gasteiger partial charge in [-0.25, -0.2) is 9.67 Å². The molecule has 0 spiro atoms. The van der Waals surface area contributed by atoms with E-state index < -0.39 is 0 Å². The normalized spacial score (nSPS) is 17.3. The van der Waals surface area contributed by atoms with Gasteiger partial charge in [0.15, 0.2) is 5.82 Å². The van der Waals surface area contributed by atoms with Crippen molar-refractivity contribution in [2.75, 3.05) is 11.4 Å². The van der Waals surface area contributed by atoms with Crippen molar-refractivity contribution in [3.63, 3.8) is 0 Å². The molecule has 0 saturated carbocycles. The molecule has 1 saturated heterocycles. The van der Waals surface area contributed by atoms with E-state index in [0.717, 1.165) is 25.1 Å². The highest BCUT2D eigenvalue weighted by atomic mass is 16.1. The number of rotatable bonds is 4. The van der Waals surface area contributed by atoms with Crippen LogP contribution < -0.4 is 10.5 Å². The first-order chi connectivity index (χ1) is 11.8. The van der Waals surface area contributed by atoms with E-state index in [2.05, 4.69) is 20.0 Å². The first kappa shape index (κ1) is 14.6. The average Bonchev–Trinajstić information content (AvgIpc) is 3.29. The van der Waals surface area contributed by atoms with Crippen LogP contribution in [0.4, 0.5) is 5.69 Å². The summed E-state index contributed by atoms with van der Waals surface area (Å²) in [5, 5.41) is 4.49. The van der Waals surface area contributed by atoms with E-state index in [-0.39, 0.29) is 11.6 Å². The quantitative estimate of drug-likeness (QED) is 0.728. The second kappa shape index (κ2) is 6.27. The van der Waals surface area contributed by atoms with Gasteiger partial charge in [-0.3, -0.25) is 14.3 Å². The van der Waals surface area contributed by atoms with Gasteiger partial charge >= 0.3 is 0 Å². The molecule has 122 valence electrons. The van der Waals surface area contributed by atoms with Crippen molar-refractivity contribution in [3.05, 3.63) is 65.7 Å². The molecular formula is C17H18N6O. The largest absolute Gasteiger partial charge is 0.367 e. The Kier molecular flexibility index (Phi) is 3.82. The van der Waals surface area contributed by atoms with Gasteiger partial charge in [-0.15, -0.1) is 0 Å². The fourth-order valence-electron chi connectivity index (χ4n) is 3.20. The smallest absolute Gasteiger partial charge is 0.266 e. The van der Waals surface area contributed by atoms with Gasteiger partial charge in [0.1, 0.15) is 6.33 Å². The number of nitrogens with zero attached hydrogens (tertiary/aromatic N) is 6. The Bertz CT molecular complexity index is 858. The van der Waals surface area contributed by atoms with Crippen molar-refractivity contribution in [3.8, 4) is 5.82 Å². The summed E-state index contributed by atoms with van der Waals surface area (Å²) in [5.74, 6) is 0.695. The maximum absolute atomic E-state index is 12.2. The summed E-state index contributed by atoms with van der Waals surface area (Å²) in [6.45, 7) is 1.56. The van der Waals surface area contributed by atoms with Crippen LogP contribution in [0.15, 0.2) is 60.2 Å². The molecule has 1 atom stereocenters. The van der Waals surface area contributed by atoms with Crippen LogP contribution in [0.1, 0.15) is 12.8 Å². The summed E-state index contributed by atoms with van der Waals surface area (Å²) in [7, 11) is 0. The van der Waals surface area contributed by atoms with Gasteiger partial charge in [-0.2, -0.15) is 5.10 Å². The van der Waals surface area contributed by atoms with Crippen molar-refractivity contribution in [1.82, 2.24) is 24.3 Å². The van der Waals surface area contributed by atoms with E-state index in [4.69, 9.17) is 0 Å². The molecule has 0 N–H and O–H groups in total. The minimum absolute atomic E-state index is 0.0829. The van der Waals surface area contributed by atoms with Crippen LogP contribution in [0.5, 0.6) is 0 Å². The Morgan fingerprint density at radius 3 is 2.75 bits per heavy atom. The van der Waals surface area contributed by atoms with Crippen LogP contribution in [-0.2, 0) is 6.54 Å². The Morgan fingerprint density at radius 2 is 1.96 bits per heavy atom. The molecule has 4 heterocycles. The van der Waals surface area contributed by atoms with Gasteiger partial charge < -0.3 is 4.90 Å². The zero-order valence-corrected chi connectivity index (χ0v) is 13.2. The maximum atomic E-state index is 12.2. The van der Waals surface area contributed by atoms with Crippen molar-refractivity contribution in [2.24, 2.45) is 0 Å². The first-order valence-corrected chi connectivity index (χ1v) is 8.04. The van der Waals surface area contributed by atoms with Crippen LogP contribution in [-0.4, -0.2) is 36.9 Å². The molecular weight excluding hydrogens is 304 g/mol. The van der Waals surface area contributed by atoms with Gasteiger partial charge in [-0.05, 0) is 31.0 Å². The molecule has 0 bridgehead atoms. The molecule has 1 aliphatic rings. The van der Waals surface area contributed by atoms with Crippen molar-refractivity contribution < 1.29 is 0 Å². The van der Waals surface area contributed by atoms with E-state index in [1.807, 2.05) is 18.3 Å². The van der Waals surface area contributed by atoms with Crippen LogP contribution in [0, 0.1) is 0 Å². The second-order valence-electron chi connectivity index (χ2n) is 5.88. The van der Waals surface area contributed by atoms with Crippen molar-refractivity contribution in [1.29, 1.82) is 0 Å². The Hall–Kier alpha value is -2.96. The van der Waals surface area contributed by atoms with E-state index in [1.54, 1.807) is 46.3 Å². The van der Waals surface area contributed by atoms with Gasteiger partial charge in [0.2, 0.25) is 0 Å².